The molecule has 2 fully saturated rings. The molecule has 5 rings (SSSR count). The van der Waals surface area contributed by atoms with E-state index in [1.165, 1.54) is 12.1 Å². The number of aromatic nitrogens is 3. The van der Waals surface area contributed by atoms with Crippen molar-refractivity contribution in [2.24, 2.45) is 5.92 Å². The number of aryl methyl sites for hydroxylation is 1. The molecule has 1 atom stereocenters. The predicted octanol–water partition coefficient (Wildman–Crippen LogP) is 5.39. The van der Waals surface area contributed by atoms with Crippen molar-refractivity contribution in [3.05, 3.63) is 53.2 Å². The van der Waals surface area contributed by atoms with Gasteiger partial charge in [0.05, 0.1) is 23.3 Å². The van der Waals surface area contributed by atoms with Crippen LogP contribution in [0.1, 0.15) is 56.1 Å². The number of carbonyl (C=O) groups excluding carboxylic acids is 1. The maximum Gasteiger partial charge on any atom is 0.273 e. The van der Waals surface area contributed by atoms with Crippen LogP contribution in [0.4, 0.5) is 19.0 Å². The largest absolute Gasteiger partial charge is 0.363 e. The van der Waals surface area contributed by atoms with Crippen molar-refractivity contribution in [3.63, 3.8) is 0 Å². The first-order valence-corrected chi connectivity index (χ1v) is 15.0. The van der Waals surface area contributed by atoms with Gasteiger partial charge in [-0.15, -0.1) is 0 Å². The zero-order chi connectivity index (χ0) is 27.2. The average Bonchev–Trinajstić information content (AvgIpc) is 2.82. The highest BCUT2D eigenvalue weighted by Crippen LogP contribution is 2.47. The normalized spacial score (nSPS) is 18.7. The highest BCUT2D eigenvalue weighted by Gasteiger charge is 2.37. The van der Waals surface area contributed by atoms with E-state index >= 15 is 4.39 Å². The van der Waals surface area contributed by atoms with E-state index in [0.29, 0.717) is 60.3 Å². The number of rotatable bonds is 6. The number of nitrogens with zero attached hydrogens (tertiary/aromatic N) is 4. The highest BCUT2D eigenvalue weighted by atomic mass is 31.2. The Morgan fingerprint density at radius 2 is 1.92 bits per heavy atom. The Morgan fingerprint density at radius 3 is 2.55 bits per heavy atom. The van der Waals surface area contributed by atoms with Gasteiger partial charge in [0.15, 0.2) is 0 Å². The topological polar surface area (TPSA) is 88.1 Å². The third-order valence-electron chi connectivity index (χ3n) is 7.65. The van der Waals surface area contributed by atoms with Gasteiger partial charge in [0.25, 0.3) is 5.92 Å². The lowest BCUT2D eigenvalue weighted by Crippen LogP contribution is -2.45. The molecule has 11 heteroatoms. The van der Waals surface area contributed by atoms with Crippen LogP contribution in [0.25, 0.3) is 10.9 Å². The summed E-state index contributed by atoms with van der Waals surface area (Å²) in [5, 5.41) is 3.71. The fraction of sp³-hybridized carbons (Fsp3) is 0.481. The van der Waals surface area contributed by atoms with Crippen LogP contribution in [0.15, 0.2) is 30.5 Å². The van der Waals surface area contributed by atoms with Gasteiger partial charge in [0, 0.05) is 49.2 Å². The number of benzene rings is 1. The fourth-order valence-electron chi connectivity index (χ4n) is 5.13. The molecule has 0 bridgehead atoms. The van der Waals surface area contributed by atoms with Gasteiger partial charge < -0.3 is 14.8 Å². The minimum atomic E-state index is -3.32. The van der Waals surface area contributed by atoms with Gasteiger partial charge in [0.2, 0.25) is 5.91 Å². The van der Waals surface area contributed by atoms with Crippen molar-refractivity contribution >= 4 is 35.2 Å². The lowest BCUT2D eigenvalue weighted by Gasteiger charge is -2.36. The lowest BCUT2D eigenvalue weighted by molar-refractivity contribution is -0.137. The van der Waals surface area contributed by atoms with Crippen LogP contribution in [-0.2, 0) is 15.3 Å². The maximum absolute atomic E-state index is 15.0. The lowest BCUT2D eigenvalue weighted by atomic mass is 9.84. The highest BCUT2D eigenvalue weighted by molar-refractivity contribution is 7.71. The van der Waals surface area contributed by atoms with E-state index < -0.39 is 30.5 Å². The molecule has 1 saturated carbocycles. The number of pyridine rings is 1. The summed E-state index contributed by atoms with van der Waals surface area (Å²) in [7, 11) is -2.86. The number of anilines is 1. The third-order valence-corrected chi connectivity index (χ3v) is 10.6. The Morgan fingerprint density at radius 1 is 1.21 bits per heavy atom. The van der Waals surface area contributed by atoms with Gasteiger partial charge in [0.1, 0.15) is 30.0 Å². The van der Waals surface area contributed by atoms with Crippen molar-refractivity contribution in [3.8, 4) is 0 Å². The quantitative estimate of drug-likeness (QED) is 0.418. The molecule has 7 nitrogen and oxygen atoms in total. The van der Waals surface area contributed by atoms with Gasteiger partial charge in [-0.1, -0.05) is 24.6 Å². The number of carbonyl (C=O) groups is 1. The summed E-state index contributed by atoms with van der Waals surface area (Å²) in [6.07, 6.45) is 5.23. The third kappa shape index (κ3) is 5.03. The molecule has 0 spiro atoms. The standard InChI is InChI=1S/C27H31F3N5O2P/c1-16(19-8-5-9-21(24(19)28)27(3,29)30)32-25-20-14-23(31-15-22(20)33-17(2)34-25)38(37)12-10-35(11-13-38)26(36)18-6-4-7-18/h5,8-9,14-16,18H,4,6-7,10-13H2,1-3H3,(H,32,33,34)/t16-/m1/s1. The summed E-state index contributed by atoms with van der Waals surface area (Å²) >= 11 is 0. The van der Waals surface area contributed by atoms with Crippen LogP contribution in [0, 0.1) is 18.7 Å². The SMILES string of the molecule is Cc1nc(N[C@H](C)c2cccc(C(C)(F)F)c2F)c2cc(P3(=O)CCN(C(=O)C4CCC4)CC3)ncc2n1. The molecule has 1 aliphatic carbocycles. The first-order valence-electron chi connectivity index (χ1n) is 12.9. The van der Waals surface area contributed by atoms with Crippen molar-refractivity contribution in [2.45, 2.75) is 52.0 Å². The molecule has 38 heavy (non-hydrogen) atoms. The molecule has 1 N–H and O–H groups in total. The zero-order valence-corrected chi connectivity index (χ0v) is 22.6. The second-order valence-electron chi connectivity index (χ2n) is 10.4. The van der Waals surface area contributed by atoms with E-state index in [0.717, 1.165) is 25.3 Å². The molecule has 0 radical (unpaired) electrons. The Labute approximate surface area is 219 Å². The summed E-state index contributed by atoms with van der Waals surface area (Å²) in [5.74, 6) is -3.19. The van der Waals surface area contributed by atoms with Gasteiger partial charge in [-0.2, -0.15) is 0 Å². The molecule has 0 unspecified atom stereocenters. The summed E-state index contributed by atoms with van der Waals surface area (Å²) in [6.45, 7) is 4.92. The minimum absolute atomic E-state index is 0.0824. The second-order valence-corrected chi connectivity index (χ2v) is 13.6. The first-order chi connectivity index (χ1) is 18.0. The van der Waals surface area contributed by atoms with E-state index in [2.05, 4.69) is 20.3 Å². The Bertz CT molecular complexity index is 1430. The monoisotopic (exact) mass is 545 g/mol. The van der Waals surface area contributed by atoms with Gasteiger partial charge >= 0.3 is 0 Å². The number of alkyl halides is 2. The number of fused-ring (bicyclic) bond motifs is 1. The maximum atomic E-state index is 15.0. The van der Waals surface area contributed by atoms with Gasteiger partial charge in [-0.3, -0.25) is 9.78 Å². The first kappa shape index (κ1) is 26.6. The molecular formula is C27H31F3N5O2P. The van der Waals surface area contributed by atoms with Crippen molar-refractivity contribution < 1.29 is 22.5 Å². The molecule has 2 aromatic heterocycles. The number of hydrogen-bond donors (Lipinski definition) is 1. The van der Waals surface area contributed by atoms with Crippen molar-refractivity contribution in [2.75, 3.05) is 30.7 Å². The average molecular weight is 546 g/mol. The molecule has 3 heterocycles. The molecule has 3 aromatic rings. The van der Waals surface area contributed by atoms with E-state index in [1.807, 2.05) is 4.90 Å². The van der Waals surface area contributed by atoms with Gasteiger partial charge in [-0.05, 0) is 32.8 Å². The molecular weight excluding hydrogens is 514 g/mol. The number of amides is 1. The van der Waals surface area contributed by atoms with Crippen molar-refractivity contribution in [1.82, 2.24) is 19.9 Å². The fourth-order valence-corrected chi connectivity index (χ4v) is 7.57. The molecule has 202 valence electrons. The Kier molecular flexibility index (Phi) is 6.97. The summed E-state index contributed by atoms with van der Waals surface area (Å²) in [4.78, 5) is 27.8. The van der Waals surface area contributed by atoms with E-state index in [-0.39, 0.29) is 17.4 Å². The predicted molar refractivity (Wildman–Crippen MR) is 141 cm³/mol. The molecule has 1 saturated heterocycles. The van der Waals surface area contributed by atoms with Crippen LogP contribution in [0.3, 0.4) is 0 Å². The number of nitrogens with one attached hydrogen (secondary N) is 1. The Hall–Kier alpha value is -3.00. The number of halogens is 3. The van der Waals surface area contributed by atoms with Crippen LogP contribution < -0.4 is 10.8 Å². The summed E-state index contributed by atoms with van der Waals surface area (Å²) < 4.78 is 56.7. The van der Waals surface area contributed by atoms with Gasteiger partial charge in [-0.25, -0.2) is 23.1 Å². The minimum Gasteiger partial charge on any atom is -0.363 e. The number of hydrogen-bond acceptors (Lipinski definition) is 6. The van der Waals surface area contributed by atoms with Crippen LogP contribution in [0.2, 0.25) is 0 Å². The molecule has 2 aliphatic rings. The van der Waals surface area contributed by atoms with Crippen molar-refractivity contribution in [1.29, 1.82) is 0 Å². The van der Waals surface area contributed by atoms with Crippen LogP contribution >= 0.6 is 7.14 Å². The van der Waals surface area contributed by atoms with Crippen LogP contribution in [0.5, 0.6) is 0 Å². The molecule has 1 amide bonds. The van der Waals surface area contributed by atoms with Crippen LogP contribution in [-0.4, -0.2) is 51.2 Å². The van der Waals surface area contributed by atoms with E-state index in [4.69, 9.17) is 0 Å². The Balaban J connectivity index is 1.42. The molecule has 1 aliphatic heterocycles. The molecule has 1 aromatic carbocycles. The smallest absolute Gasteiger partial charge is 0.273 e. The zero-order valence-electron chi connectivity index (χ0n) is 21.7. The summed E-state index contributed by atoms with van der Waals surface area (Å²) in [5.41, 5.74) is 0.386. The second kappa shape index (κ2) is 9.95. The van der Waals surface area contributed by atoms with E-state index in [1.54, 1.807) is 26.1 Å². The van der Waals surface area contributed by atoms with E-state index in [9.17, 15) is 18.1 Å². The summed E-state index contributed by atoms with van der Waals surface area (Å²) in [6, 6.07) is 4.96.